The van der Waals surface area contributed by atoms with Crippen molar-refractivity contribution in [2.75, 3.05) is 42.1 Å². The molecule has 3 fully saturated rings. The average Bonchev–Trinajstić information content (AvgIpc) is 3.46. The van der Waals surface area contributed by atoms with Crippen molar-refractivity contribution in [2.24, 2.45) is 5.92 Å². The Morgan fingerprint density at radius 1 is 1.15 bits per heavy atom. The highest BCUT2D eigenvalue weighted by atomic mass is 16.5. The lowest BCUT2D eigenvalue weighted by Gasteiger charge is -2.34. The minimum atomic E-state index is -0.686. The molecule has 3 N–H and O–H groups in total. The molecule has 9 nitrogen and oxygen atoms in total. The van der Waals surface area contributed by atoms with E-state index in [-0.39, 0.29) is 23.6 Å². The minimum absolute atomic E-state index is 0.0105. The molecule has 1 atom stereocenters. The van der Waals surface area contributed by atoms with Gasteiger partial charge in [-0.25, -0.2) is 4.98 Å². The molecule has 1 aliphatic carbocycles. The van der Waals surface area contributed by atoms with Gasteiger partial charge in [0.25, 0.3) is 0 Å². The number of pyridine rings is 2. The number of piperidine rings is 1. The molecule has 2 amide bonds. The Morgan fingerprint density at radius 3 is 2.64 bits per heavy atom. The highest BCUT2D eigenvalue weighted by Gasteiger charge is 2.52. The Hall–Kier alpha value is -3.36. The van der Waals surface area contributed by atoms with Crippen molar-refractivity contribution in [3.63, 3.8) is 0 Å². The molecule has 0 bridgehead atoms. The van der Waals surface area contributed by atoms with E-state index in [0.717, 1.165) is 51.1 Å². The van der Waals surface area contributed by atoms with E-state index in [9.17, 15) is 14.8 Å². The topological polar surface area (TPSA) is 118 Å². The van der Waals surface area contributed by atoms with Crippen LogP contribution >= 0.6 is 0 Å². The fraction of sp³-hybridized carbons (Fsp3) is 0.500. The average molecular weight is 451 g/mol. The van der Waals surface area contributed by atoms with Gasteiger partial charge in [-0.2, -0.15) is 4.73 Å². The van der Waals surface area contributed by atoms with Gasteiger partial charge >= 0.3 is 0 Å². The number of anilines is 3. The van der Waals surface area contributed by atoms with E-state index < -0.39 is 5.41 Å². The van der Waals surface area contributed by atoms with Crippen molar-refractivity contribution < 1.29 is 14.3 Å². The van der Waals surface area contributed by atoms with Crippen LogP contribution in [-0.2, 0) is 15.0 Å². The smallest absolute Gasteiger partial charge is 0.235 e. The van der Waals surface area contributed by atoms with Crippen molar-refractivity contribution in [1.29, 1.82) is 0 Å². The van der Waals surface area contributed by atoms with Crippen LogP contribution < -0.4 is 20.7 Å². The molecular weight excluding hydrogens is 420 g/mol. The highest BCUT2D eigenvalue weighted by molar-refractivity contribution is 6.02. The zero-order valence-electron chi connectivity index (χ0n) is 18.7. The van der Waals surface area contributed by atoms with Crippen LogP contribution in [0.15, 0.2) is 36.7 Å². The van der Waals surface area contributed by atoms with Gasteiger partial charge < -0.3 is 26.1 Å². The first-order valence-electron chi connectivity index (χ1n) is 11.8. The minimum Gasteiger partial charge on any atom is -0.619 e. The molecule has 33 heavy (non-hydrogen) atoms. The standard InChI is InChI=1S/C24H30N6O3/c25-21-19(26-23(32)24(9-10-24)18-6-4-14-30(33)16-18)7-8-20(27-21)29-13-3-5-17(15-29)22(31)28-11-1-2-12-28/h4,6-8,14,16-17H,1-3,5,9-13,15H2,(H2,25,27)(H,26,32). The summed E-state index contributed by atoms with van der Waals surface area (Å²) in [6.07, 6.45) is 8.26. The van der Waals surface area contributed by atoms with Crippen molar-refractivity contribution in [3.05, 3.63) is 47.4 Å². The Labute approximate surface area is 193 Å². The van der Waals surface area contributed by atoms with Crippen LogP contribution in [-0.4, -0.2) is 47.9 Å². The molecule has 174 valence electrons. The number of hydrogen-bond donors (Lipinski definition) is 2. The second kappa shape index (κ2) is 8.53. The van der Waals surface area contributed by atoms with E-state index in [1.807, 2.05) is 17.0 Å². The molecule has 1 unspecified atom stereocenters. The SMILES string of the molecule is Nc1nc(N2CCCC(C(=O)N3CCCC3)C2)ccc1NC(=O)C1(c2ccc[n+]([O-])c2)CC1. The van der Waals surface area contributed by atoms with Crippen molar-refractivity contribution in [3.8, 4) is 0 Å². The summed E-state index contributed by atoms with van der Waals surface area (Å²) in [4.78, 5) is 34.5. The van der Waals surface area contributed by atoms with Crippen LogP contribution in [0.25, 0.3) is 0 Å². The molecule has 3 aliphatic rings. The summed E-state index contributed by atoms with van der Waals surface area (Å²) in [6, 6.07) is 7.08. The quantitative estimate of drug-likeness (QED) is 0.530. The monoisotopic (exact) mass is 450 g/mol. The number of aromatic nitrogens is 2. The number of carbonyl (C=O) groups is 2. The maximum Gasteiger partial charge on any atom is 0.235 e. The highest BCUT2D eigenvalue weighted by Crippen LogP contribution is 2.48. The van der Waals surface area contributed by atoms with Gasteiger partial charge in [0.2, 0.25) is 11.8 Å². The van der Waals surface area contributed by atoms with Gasteiger partial charge in [0.05, 0.1) is 17.0 Å². The van der Waals surface area contributed by atoms with Crippen LogP contribution in [0.4, 0.5) is 17.3 Å². The molecule has 5 rings (SSSR count). The third kappa shape index (κ3) is 4.19. The summed E-state index contributed by atoms with van der Waals surface area (Å²) in [7, 11) is 0. The molecule has 2 aromatic heterocycles. The number of amides is 2. The molecule has 2 aromatic rings. The van der Waals surface area contributed by atoms with Crippen LogP contribution in [0.2, 0.25) is 0 Å². The molecular formula is C24H30N6O3. The molecule has 9 heteroatoms. The second-order valence-electron chi connectivity index (χ2n) is 9.41. The van der Waals surface area contributed by atoms with Gasteiger partial charge in [0, 0.05) is 37.8 Å². The van der Waals surface area contributed by atoms with E-state index in [1.165, 1.54) is 12.4 Å². The summed E-state index contributed by atoms with van der Waals surface area (Å²) in [6.45, 7) is 3.20. The number of rotatable bonds is 5. The summed E-state index contributed by atoms with van der Waals surface area (Å²) >= 11 is 0. The van der Waals surface area contributed by atoms with E-state index in [1.54, 1.807) is 12.1 Å². The lowest BCUT2D eigenvalue weighted by molar-refractivity contribution is -0.606. The van der Waals surface area contributed by atoms with Gasteiger partial charge in [-0.15, -0.1) is 0 Å². The van der Waals surface area contributed by atoms with Crippen molar-refractivity contribution >= 4 is 29.1 Å². The number of nitrogens with two attached hydrogens (primary N) is 1. The van der Waals surface area contributed by atoms with Crippen LogP contribution in [0, 0.1) is 11.1 Å². The van der Waals surface area contributed by atoms with Crippen molar-refractivity contribution in [2.45, 2.75) is 43.9 Å². The van der Waals surface area contributed by atoms with E-state index >= 15 is 0 Å². The summed E-state index contributed by atoms with van der Waals surface area (Å²) in [5.74, 6) is 1.04. The Bertz CT molecular complexity index is 1060. The summed E-state index contributed by atoms with van der Waals surface area (Å²) in [5, 5.41) is 14.6. The first kappa shape index (κ1) is 21.5. The first-order valence-corrected chi connectivity index (χ1v) is 11.8. The van der Waals surface area contributed by atoms with Crippen LogP contribution in [0.5, 0.6) is 0 Å². The van der Waals surface area contributed by atoms with Gasteiger partial charge in [0.15, 0.2) is 12.4 Å². The number of carbonyl (C=O) groups excluding carboxylic acids is 2. The van der Waals surface area contributed by atoms with E-state index in [0.29, 0.717) is 35.4 Å². The van der Waals surface area contributed by atoms with E-state index in [2.05, 4.69) is 15.2 Å². The number of nitrogens with one attached hydrogen (secondary N) is 1. The van der Waals surface area contributed by atoms with Crippen molar-refractivity contribution in [1.82, 2.24) is 9.88 Å². The summed E-state index contributed by atoms with van der Waals surface area (Å²) < 4.78 is 0.716. The largest absolute Gasteiger partial charge is 0.619 e. The Balaban J connectivity index is 1.26. The molecule has 1 saturated carbocycles. The number of hydrogen-bond acceptors (Lipinski definition) is 6. The third-order valence-corrected chi connectivity index (χ3v) is 7.18. The summed E-state index contributed by atoms with van der Waals surface area (Å²) in [5.41, 5.74) is 6.70. The number of nitrogen functional groups attached to an aromatic ring is 1. The van der Waals surface area contributed by atoms with Crippen LogP contribution in [0.1, 0.15) is 44.1 Å². The predicted octanol–water partition coefficient (Wildman–Crippen LogP) is 1.81. The third-order valence-electron chi connectivity index (χ3n) is 7.18. The molecule has 0 radical (unpaired) electrons. The first-order chi connectivity index (χ1) is 16.0. The fourth-order valence-electron chi connectivity index (χ4n) is 5.08. The predicted molar refractivity (Wildman–Crippen MR) is 124 cm³/mol. The van der Waals surface area contributed by atoms with Crippen LogP contribution in [0.3, 0.4) is 0 Å². The van der Waals surface area contributed by atoms with Gasteiger partial charge in [-0.3, -0.25) is 9.59 Å². The maximum atomic E-state index is 13.0. The second-order valence-corrected chi connectivity index (χ2v) is 9.41. The van der Waals surface area contributed by atoms with Gasteiger partial charge in [-0.05, 0) is 56.7 Å². The normalized spacial score (nSPS) is 21.6. The molecule has 0 aromatic carbocycles. The molecule has 0 spiro atoms. The van der Waals surface area contributed by atoms with Gasteiger partial charge in [-0.1, -0.05) is 0 Å². The lowest BCUT2D eigenvalue weighted by Crippen LogP contribution is -2.44. The number of likely N-dealkylation sites (tertiary alicyclic amines) is 1. The zero-order valence-corrected chi connectivity index (χ0v) is 18.7. The fourth-order valence-corrected chi connectivity index (χ4v) is 5.08. The Morgan fingerprint density at radius 2 is 1.94 bits per heavy atom. The van der Waals surface area contributed by atoms with E-state index in [4.69, 9.17) is 5.73 Å². The molecule has 2 saturated heterocycles. The lowest BCUT2D eigenvalue weighted by atomic mass is 9.96. The zero-order chi connectivity index (χ0) is 23.0. The number of nitrogens with zero attached hydrogens (tertiary/aromatic N) is 4. The molecule has 4 heterocycles. The molecule has 2 aliphatic heterocycles. The Kier molecular flexibility index (Phi) is 5.55. The van der Waals surface area contributed by atoms with Gasteiger partial charge in [0.1, 0.15) is 11.6 Å². The maximum absolute atomic E-state index is 13.0.